The van der Waals surface area contributed by atoms with Crippen molar-refractivity contribution in [2.24, 2.45) is 0 Å². The van der Waals surface area contributed by atoms with E-state index in [1.54, 1.807) is 14.2 Å². The molecule has 0 amide bonds. The Morgan fingerprint density at radius 3 is 2.90 bits per heavy atom. The van der Waals surface area contributed by atoms with Gasteiger partial charge in [-0.05, 0) is 53.5 Å². The number of piperidine rings is 1. The van der Waals surface area contributed by atoms with Gasteiger partial charge in [0.1, 0.15) is 5.75 Å². The minimum Gasteiger partial charge on any atom is -0.496 e. The standard InChI is InChI=1S/C15H20BrNO3/c1-19-12-4-3-7-17(9-12)10-14(18)11-5-6-15(20-2)13(16)8-11/h5-6,8,12H,3-4,7,9-10H2,1-2H3. The molecule has 1 unspecified atom stereocenters. The quantitative estimate of drug-likeness (QED) is 0.772. The number of carbonyl (C=O) groups is 1. The molecule has 1 atom stereocenters. The molecule has 0 saturated carbocycles. The van der Waals surface area contributed by atoms with Gasteiger partial charge in [0.25, 0.3) is 0 Å². The third-order valence-corrected chi connectivity index (χ3v) is 4.26. The zero-order valence-electron chi connectivity index (χ0n) is 11.9. The summed E-state index contributed by atoms with van der Waals surface area (Å²) in [5, 5.41) is 0. The number of rotatable bonds is 5. The molecule has 0 aromatic heterocycles. The molecule has 0 radical (unpaired) electrons. The second-order valence-corrected chi connectivity index (χ2v) is 5.86. The largest absolute Gasteiger partial charge is 0.496 e. The molecule has 5 heteroatoms. The predicted octanol–water partition coefficient (Wildman–Crippen LogP) is 2.75. The van der Waals surface area contributed by atoms with Crippen LogP contribution >= 0.6 is 15.9 Å². The van der Waals surface area contributed by atoms with E-state index in [-0.39, 0.29) is 11.9 Å². The zero-order valence-corrected chi connectivity index (χ0v) is 13.5. The lowest BCUT2D eigenvalue weighted by atomic mass is 10.1. The molecule has 1 saturated heterocycles. The van der Waals surface area contributed by atoms with E-state index in [0.29, 0.717) is 12.1 Å². The van der Waals surface area contributed by atoms with Crippen LogP contribution in [0, 0.1) is 0 Å². The molecular weight excluding hydrogens is 322 g/mol. The van der Waals surface area contributed by atoms with Crippen molar-refractivity contribution in [1.82, 2.24) is 4.90 Å². The Balaban J connectivity index is 1.99. The Hall–Kier alpha value is -0.910. The molecule has 0 bridgehead atoms. The van der Waals surface area contributed by atoms with E-state index in [1.165, 1.54) is 0 Å². The fourth-order valence-electron chi connectivity index (χ4n) is 2.48. The van der Waals surface area contributed by atoms with Gasteiger partial charge in [0.15, 0.2) is 5.78 Å². The maximum Gasteiger partial charge on any atom is 0.176 e. The van der Waals surface area contributed by atoms with Crippen LogP contribution in [0.3, 0.4) is 0 Å². The van der Waals surface area contributed by atoms with E-state index in [4.69, 9.17) is 9.47 Å². The van der Waals surface area contributed by atoms with Crippen molar-refractivity contribution in [3.05, 3.63) is 28.2 Å². The fourth-order valence-corrected chi connectivity index (χ4v) is 3.02. The molecule has 1 fully saturated rings. The van der Waals surface area contributed by atoms with Crippen LogP contribution in [-0.4, -0.2) is 50.6 Å². The van der Waals surface area contributed by atoms with Crippen LogP contribution in [0.2, 0.25) is 0 Å². The molecule has 20 heavy (non-hydrogen) atoms. The first kappa shape index (κ1) is 15.5. The van der Waals surface area contributed by atoms with Crippen LogP contribution < -0.4 is 4.74 Å². The molecule has 0 N–H and O–H groups in total. The second kappa shape index (κ2) is 7.20. The van der Waals surface area contributed by atoms with E-state index in [1.807, 2.05) is 18.2 Å². The topological polar surface area (TPSA) is 38.8 Å². The Bertz CT molecular complexity index is 478. The lowest BCUT2D eigenvalue weighted by Crippen LogP contribution is -2.41. The molecule has 0 spiro atoms. The second-order valence-electron chi connectivity index (χ2n) is 5.01. The molecule has 1 heterocycles. The van der Waals surface area contributed by atoms with Crippen LogP contribution in [0.1, 0.15) is 23.2 Å². The molecule has 1 aliphatic rings. The Morgan fingerprint density at radius 2 is 2.25 bits per heavy atom. The maximum atomic E-state index is 12.3. The van der Waals surface area contributed by atoms with Gasteiger partial charge in [0, 0.05) is 19.2 Å². The van der Waals surface area contributed by atoms with Gasteiger partial charge in [-0.1, -0.05) is 0 Å². The average molecular weight is 342 g/mol. The molecule has 2 rings (SSSR count). The summed E-state index contributed by atoms with van der Waals surface area (Å²) >= 11 is 3.41. The van der Waals surface area contributed by atoms with Crippen molar-refractivity contribution in [1.29, 1.82) is 0 Å². The fraction of sp³-hybridized carbons (Fsp3) is 0.533. The van der Waals surface area contributed by atoms with Crippen molar-refractivity contribution < 1.29 is 14.3 Å². The molecule has 1 aromatic carbocycles. The first-order valence-corrected chi connectivity index (χ1v) is 7.55. The summed E-state index contributed by atoms with van der Waals surface area (Å²) in [7, 11) is 3.34. The van der Waals surface area contributed by atoms with Crippen molar-refractivity contribution in [3.8, 4) is 5.75 Å². The highest BCUT2D eigenvalue weighted by Gasteiger charge is 2.21. The highest BCUT2D eigenvalue weighted by Crippen LogP contribution is 2.26. The summed E-state index contributed by atoms with van der Waals surface area (Å²) in [6.07, 6.45) is 2.41. The smallest absolute Gasteiger partial charge is 0.176 e. The van der Waals surface area contributed by atoms with Gasteiger partial charge < -0.3 is 9.47 Å². The van der Waals surface area contributed by atoms with Crippen LogP contribution in [-0.2, 0) is 4.74 Å². The SMILES string of the molecule is COc1ccc(C(=O)CN2CCCC(OC)C2)cc1Br. The highest BCUT2D eigenvalue weighted by atomic mass is 79.9. The number of methoxy groups -OCH3 is 2. The summed E-state index contributed by atoms with van der Waals surface area (Å²) in [6, 6.07) is 5.44. The first-order valence-electron chi connectivity index (χ1n) is 6.76. The van der Waals surface area contributed by atoms with Crippen LogP contribution in [0.15, 0.2) is 22.7 Å². The minimum atomic E-state index is 0.130. The zero-order chi connectivity index (χ0) is 14.5. The Kier molecular flexibility index (Phi) is 5.57. The van der Waals surface area contributed by atoms with Gasteiger partial charge in [-0.15, -0.1) is 0 Å². The number of Topliss-reactive ketones (excluding diaryl/α,β-unsaturated/α-hetero) is 1. The van der Waals surface area contributed by atoms with Gasteiger partial charge in [0.05, 0.1) is 24.2 Å². The van der Waals surface area contributed by atoms with Crippen molar-refractivity contribution in [2.75, 3.05) is 33.9 Å². The summed E-state index contributed by atoms with van der Waals surface area (Å²) in [5.41, 5.74) is 0.706. The third kappa shape index (κ3) is 3.81. The van der Waals surface area contributed by atoms with Crippen LogP contribution in [0.5, 0.6) is 5.75 Å². The van der Waals surface area contributed by atoms with Gasteiger partial charge in [-0.25, -0.2) is 0 Å². The van der Waals surface area contributed by atoms with E-state index < -0.39 is 0 Å². The minimum absolute atomic E-state index is 0.130. The number of hydrogen-bond donors (Lipinski definition) is 0. The highest BCUT2D eigenvalue weighted by molar-refractivity contribution is 9.10. The summed E-state index contributed by atoms with van der Waals surface area (Å²) in [6.45, 7) is 2.24. The van der Waals surface area contributed by atoms with Crippen molar-refractivity contribution >= 4 is 21.7 Å². The predicted molar refractivity (Wildman–Crippen MR) is 81.5 cm³/mol. The molecule has 110 valence electrons. The molecular formula is C15H20BrNO3. The average Bonchev–Trinajstić information content (AvgIpc) is 2.47. The maximum absolute atomic E-state index is 12.3. The van der Waals surface area contributed by atoms with Crippen molar-refractivity contribution in [2.45, 2.75) is 18.9 Å². The van der Waals surface area contributed by atoms with Crippen LogP contribution in [0.4, 0.5) is 0 Å². The molecule has 1 aliphatic heterocycles. The molecule has 1 aromatic rings. The number of ketones is 1. The van der Waals surface area contributed by atoms with Gasteiger partial charge in [-0.3, -0.25) is 9.69 Å². The van der Waals surface area contributed by atoms with E-state index in [2.05, 4.69) is 20.8 Å². The first-order chi connectivity index (χ1) is 9.63. The number of ether oxygens (including phenoxy) is 2. The van der Waals surface area contributed by atoms with Crippen molar-refractivity contribution in [3.63, 3.8) is 0 Å². The lowest BCUT2D eigenvalue weighted by Gasteiger charge is -2.31. The monoisotopic (exact) mass is 341 g/mol. The molecule has 4 nitrogen and oxygen atoms in total. The van der Waals surface area contributed by atoms with E-state index >= 15 is 0 Å². The van der Waals surface area contributed by atoms with Gasteiger partial charge in [-0.2, -0.15) is 0 Å². The number of hydrogen-bond acceptors (Lipinski definition) is 4. The number of likely N-dealkylation sites (tertiary alicyclic amines) is 1. The van der Waals surface area contributed by atoms with Gasteiger partial charge >= 0.3 is 0 Å². The normalized spacial score (nSPS) is 19.9. The van der Waals surface area contributed by atoms with Crippen LogP contribution in [0.25, 0.3) is 0 Å². The van der Waals surface area contributed by atoms with Gasteiger partial charge in [0.2, 0.25) is 0 Å². The molecule has 0 aliphatic carbocycles. The third-order valence-electron chi connectivity index (χ3n) is 3.64. The van der Waals surface area contributed by atoms with E-state index in [9.17, 15) is 4.79 Å². The summed E-state index contributed by atoms with van der Waals surface area (Å²) < 4.78 is 11.4. The number of nitrogens with zero attached hydrogens (tertiary/aromatic N) is 1. The Labute approximate surface area is 128 Å². The lowest BCUT2D eigenvalue weighted by molar-refractivity contribution is 0.0314. The number of halogens is 1. The summed E-state index contributed by atoms with van der Waals surface area (Å²) in [5.74, 6) is 0.865. The Morgan fingerprint density at radius 1 is 1.45 bits per heavy atom. The number of benzene rings is 1. The van der Waals surface area contributed by atoms with E-state index in [0.717, 1.165) is 36.2 Å². The number of carbonyl (C=O) groups excluding carboxylic acids is 1. The summed E-state index contributed by atoms with van der Waals surface area (Å²) in [4.78, 5) is 14.5.